The van der Waals surface area contributed by atoms with E-state index in [0.29, 0.717) is 5.56 Å². The molecule has 0 radical (unpaired) electrons. The molecule has 2 aromatic heterocycles. The minimum Gasteiger partial charge on any atom is -0.465 e. The lowest BCUT2D eigenvalue weighted by Crippen LogP contribution is -2.16. The smallest absolute Gasteiger partial charge is 0.341 e. The molecule has 0 aliphatic rings. The second kappa shape index (κ2) is 10.9. The number of hydrogen-bond donors (Lipinski definition) is 2. The molecule has 0 aliphatic carbocycles. The van der Waals surface area contributed by atoms with Crippen molar-refractivity contribution in [2.45, 2.75) is 20.3 Å². The third-order valence-corrected chi connectivity index (χ3v) is 6.66. The SMILES string of the molecule is CCOC(=O)c1c(NC(=O)Cc2cccs2)sc(C(=O)Nc2ccccc2C(=O)OC)c1C. The number of anilines is 2. The summed E-state index contributed by atoms with van der Waals surface area (Å²) in [5, 5.41) is 7.54. The number of rotatable bonds is 8. The Labute approximate surface area is 198 Å². The molecule has 3 rings (SSSR count). The van der Waals surface area contributed by atoms with Gasteiger partial charge in [0.15, 0.2) is 0 Å². The first-order valence-electron chi connectivity index (χ1n) is 9.97. The second-order valence-corrected chi connectivity index (χ2v) is 8.83. The van der Waals surface area contributed by atoms with Crippen molar-refractivity contribution < 1.29 is 28.7 Å². The number of esters is 2. The fraction of sp³-hybridized carbons (Fsp3) is 0.217. The maximum atomic E-state index is 13.1. The van der Waals surface area contributed by atoms with Gasteiger partial charge in [-0.3, -0.25) is 9.59 Å². The van der Waals surface area contributed by atoms with Crippen LogP contribution in [-0.4, -0.2) is 37.5 Å². The summed E-state index contributed by atoms with van der Waals surface area (Å²) < 4.78 is 9.90. The molecule has 172 valence electrons. The summed E-state index contributed by atoms with van der Waals surface area (Å²) in [5.74, 6) is -2.07. The van der Waals surface area contributed by atoms with Gasteiger partial charge in [-0.15, -0.1) is 22.7 Å². The van der Waals surface area contributed by atoms with E-state index in [1.165, 1.54) is 24.5 Å². The zero-order chi connectivity index (χ0) is 24.0. The van der Waals surface area contributed by atoms with E-state index in [2.05, 4.69) is 10.6 Å². The quantitative estimate of drug-likeness (QED) is 0.453. The van der Waals surface area contributed by atoms with Crippen molar-refractivity contribution in [3.05, 3.63) is 68.2 Å². The molecule has 0 fully saturated rings. The molecule has 0 saturated carbocycles. The van der Waals surface area contributed by atoms with Crippen molar-refractivity contribution in [2.75, 3.05) is 24.4 Å². The lowest BCUT2D eigenvalue weighted by atomic mass is 10.1. The lowest BCUT2D eigenvalue weighted by molar-refractivity contribution is -0.115. The molecule has 10 heteroatoms. The van der Waals surface area contributed by atoms with Crippen LogP contribution in [0.5, 0.6) is 0 Å². The highest BCUT2D eigenvalue weighted by Gasteiger charge is 2.27. The van der Waals surface area contributed by atoms with Gasteiger partial charge < -0.3 is 20.1 Å². The van der Waals surface area contributed by atoms with Crippen LogP contribution < -0.4 is 10.6 Å². The Hall–Kier alpha value is -3.50. The summed E-state index contributed by atoms with van der Waals surface area (Å²) >= 11 is 2.42. The number of ether oxygens (including phenoxy) is 2. The van der Waals surface area contributed by atoms with Gasteiger partial charge in [0.2, 0.25) is 5.91 Å². The molecule has 0 aliphatic heterocycles. The van der Waals surface area contributed by atoms with E-state index in [1.807, 2.05) is 17.5 Å². The number of thiophene rings is 2. The van der Waals surface area contributed by atoms with Gasteiger partial charge in [0.25, 0.3) is 5.91 Å². The van der Waals surface area contributed by atoms with Crippen molar-refractivity contribution >= 4 is 57.1 Å². The lowest BCUT2D eigenvalue weighted by Gasteiger charge is -2.09. The number of carbonyl (C=O) groups excluding carboxylic acids is 4. The number of amides is 2. The third kappa shape index (κ3) is 5.65. The van der Waals surface area contributed by atoms with Crippen molar-refractivity contribution in [3.63, 3.8) is 0 Å². The zero-order valence-electron chi connectivity index (χ0n) is 18.2. The highest BCUT2D eigenvalue weighted by atomic mass is 32.1. The van der Waals surface area contributed by atoms with Crippen LogP contribution in [0, 0.1) is 6.92 Å². The molecule has 8 nitrogen and oxygen atoms in total. The molecule has 2 amide bonds. The van der Waals surface area contributed by atoms with Gasteiger partial charge in [-0.05, 0) is 43.0 Å². The predicted octanol–water partition coefficient (Wildman–Crippen LogP) is 4.51. The maximum absolute atomic E-state index is 13.1. The first kappa shape index (κ1) is 24.1. The van der Waals surface area contributed by atoms with E-state index < -0.39 is 17.8 Å². The summed E-state index contributed by atoms with van der Waals surface area (Å²) in [5.41, 5.74) is 0.964. The fourth-order valence-electron chi connectivity index (χ4n) is 3.07. The van der Waals surface area contributed by atoms with E-state index in [1.54, 1.807) is 32.0 Å². The molecule has 0 unspecified atom stereocenters. The topological polar surface area (TPSA) is 111 Å². The number of hydrogen-bond acceptors (Lipinski definition) is 8. The Morgan fingerprint density at radius 2 is 1.76 bits per heavy atom. The fourth-order valence-corrected chi connectivity index (χ4v) is 4.88. The minimum atomic E-state index is -0.633. The Morgan fingerprint density at radius 3 is 2.42 bits per heavy atom. The number of carbonyl (C=O) groups is 4. The van der Waals surface area contributed by atoms with Crippen molar-refractivity contribution in [3.8, 4) is 0 Å². The minimum absolute atomic E-state index is 0.132. The van der Waals surface area contributed by atoms with Gasteiger partial charge in [0.1, 0.15) is 5.00 Å². The Balaban J connectivity index is 1.91. The van der Waals surface area contributed by atoms with Crippen molar-refractivity contribution in [1.29, 1.82) is 0 Å². The van der Waals surface area contributed by atoms with Crippen molar-refractivity contribution in [1.82, 2.24) is 0 Å². The van der Waals surface area contributed by atoms with Crippen LogP contribution in [0.15, 0.2) is 41.8 Å². The highest BCUT2D eigenvalue weighted by Crippen LogP contribution is 2.35. The standard InChI is InChI=1S/C23H22N2O6S2/c1-4-31-23(29)18-13(2)19(33-21(18)25-17(26)12-14-8-7-11-32-14)20(27)24-16-10-6-5-9-15(16)22(28)30-3/h5-11H,4,12H2,1-3H3,(H,24,27)(H,25,26). The maximum Gasteiger partial charge on any atom is 0.341 e. The summed E-state index contributed by atoms with van der Waals surface area (Å²) in [6.45, 7) is 3.43. The number of nitrogens with one attached hydrogen (secondary N) is 2. The number of para-hydroxylation sites is 1. The molecule has 1 aromatic carbocycles. The van der Waals surface area contributed by atoms with E-state index in [0.717, 1.165) is 16.2 Å². The molecule has 0 spiro atoms. The van der Waals surface area contributed by atoms with Crippen LogP contribution in [0.1, 0.15) is 47.8 Å². The average molecular weight is 487 g/mol. The van der Waals surface area contributed by atoms with E-state index >= 15 is 0 Å². The van der Waals surface area contributed by atoms with E-state index in [-0.39, 0.29) is 45.6 Å². The molecule has 3 aromatic rings. The molecule has 0 saturated heterocycles. The van der Waals surface area contributed by atoms with Gasteiger partial charge in [0.05, 0.1) is 41.8 Å². The molecular formula is C23H22N2O6S2. The molecule has 2 N–H and O–H groups in total. The number of benzene rings is 1. The first-order chi connectivity index (χ1) is 15.8. The molecular weight excluding hydrogens is 464 g/mol. The van der Waals surface area contributed by atoms with Crippen LogP contribution >= 0.6 is 22.7 Å². The van der Waals surface area contributed by atoms with Gasteiger partial charge in [0, 0.05) is 4.88 Å². The molecule has 0 bridgehead atoms. The predicted molar refractivity (Wildman–Crippen MR) is 127 cm³/mol. The van der Waals surface area contributed by atoms with Gasteiger partial charge in [-0.25, -0.2) is 9.59 Å². The van der Waals surface area contributed by atoms with E-state index in [9.17, 15) is 19.2 Å². The van der Waals surface area contributed by atoms with Crippen LogP contribution in [0.4, 0.5) is 10.7 Å². The molecule has 2 heterocycles. The van der Waals surface area contributed by atoms with Gasteiger partial charge in [-0.2, -0.15) is 0 Å². The average Bonchev–Trinajstić information content (AvgIpc) is 3.41. The van der Waals surface area contributed by atoms with Crippen LogP contribution in [0.3, 0.4) is 0 Å². The monoisotopic (exact) mass is 486 g/mol. The summed E-state index contributed by atoms with van der Waals surface area (Å²) in [7, 11) is 1.25. The van der Waals surface area contributed by atoms with Gasteiger partial charge >= 0.3 is 11.9 Å². The Kier molecular flexibility index (Phi) is 7.96. The summed E-state index contributed by atoms with van der Waals surface area (Å²) in [4.78, 5) is 51.3. The third-order valence-electron chi connectivity index (χ3n) is 4.58. The van der Waals surface area contributed by atoms with Gasteiger partial charge in [-0.1, -0.05) is 18.2 Å². The Bertz CT molecular complexity index is 1180. The number of methoxy groups -OCH3 is 1. The highest BCUT2D eigenvalue weighted by molar-refractivity contribution is 7.19. The van der Waals surface area contributed by atoms with Crippen LogP contribution in [-0.2, 0) is 20.7 Å². The van der Waals surface area contributed by atoms with Crippen LogP contribution in [0.2, 0.25) is 0 Å². The summed E-state index contributed by atoms with van der Waals surface area (Å²) in [6, 6.07) is 10.1. The van der Waals surface area contributed by atoms with Crippen molar-refractivity contribution in [2.24, 2.45) is 0 Å². The largest absolute Gasteiger partial charge is 0.465 e. The zero-order valence-corrected chi connectivity index (χ0v) is 19.9. The normalized spacial score (nSPS) is 10.4. The summed E-state index contributed by atoms with van der Waals surface area (Å²) in [6.07, 6.45) is 0.144. The molecule has 0 atom stereocenters. The Morgan fingerprint density at radius 1 is 1.00 bits per heavy atom. The van der Waals surface area contributed by atoms with Crippen LogP contribution in [0.25, 0.3) is 0 Å². The first-order valence-corrected chi connectivity index (χ1v) is 11.7. The van der Waals surface area contributed by atoms with E-state index in [4.69, 9.17) is 9.47 Å². The second-order valence-electron chi connectivity index (χ2n) is 6.78. The molecule has 33 heavy (non-hydrogen) atoms.